The summed E-state index contributed by atoms with van der Waals surface area (Å²) in [5, 5.41) is 9.87. The van der Waals surface area contributed by atoms with Crippen molar-refractivity contribution in [3.63, 3.8) is 0 Å². The van der Waals surface area contributed by atoms with Crippen molar-refractivity contribution in [1.29, 1.82) is 0 Å². The number of aliphatic hydroxyl groups is 1. The molecule has 3 N–H and O–H groups in total. The normalized spacial score (nSPS) is 20.7. The minimum atomic E-state index is -0.537. The van der Waals surface area contributed by atoms with Crippen LogP contribution in [0.5, 0.6) is 0 Å². The predicted octanol–water partition coefficient (Wildman–Crippen LogP) is 2.33. The second-order valence-corrected chi connectivity index (χ2v) is 4.60. The fourth-order valence-corrected chi connectivity index (χ4v) is 2.04. The van der Waals surface area contributed by atoms with E-state index in [-0.39, 0.29) is 6.04 Å². The maximum atomic E-state index is 9.87. The van der Waals surface area contributed by atoms with Crippen molar-refractivity contribution in [3.8, 4) is 0 Å². The fraction of sp³-hybridized carbons (Fsp3) is 0.538. The Morgan fingerprint density at radius 2 is 2.13 bits per heavy atom. The molecular formula is C13H19NO. The standard InChI is InChI=1S/C13H19NO/c1-9(14)13(15)12-7-3-6-11(8-12)10-4-2-5-10/h3,6-10,13,15H,2,4-5,14H2,1H3. The highest BCUT2D eigenvalue weighted by Crippen LogP contribution is 2.37. The summed E-state index contributed by atoms with van der Waals surface area (Å²) in [7, 11) is 0. The van der Waals surface area contributed by atoms with Crippen LogP contribution in [0, 0.1) is 0 Å². The van der Waals surface area contributed by atoms with E-state index >= 15 is 0 Å². The lowest BCUT2D eigenvalue weighted by Crippen LogP contribution is -2.24. The minimum Gasteiger partial charge on any atom is -0.387 e. The Bertz CT molecular complexity index is 331. The van der Waals surface area contributed by atoms with Gasteiger partial charge in [0.2, 0.25) is 0 Å². The first-order valence-electron chi connectivity index (χ1n) is 5.72. The smallest absolute Gasteiger partial charge is 0.0938 e. The van der Waals surface area contributed by atoms with Gasteiger partial charge in [-0.1, -0.05) is 30.7 Å². The van der Waals surface area contributed by atoms with Gasteiger partial charge in [-0.15, -0.1) is 0 Å². The number of benzene rings is 1. The van der Waals surface area contributed by atoms with Gasteiger partial charge >= 0.3 is 0 Å². The summed E-state index contributed by atoms with van der Waals surface area (Å²) in [5.74, 6) is 0.713. The number of rotatable bonds is 3. The Kier molecular flexibility index (Phi) is 3.08. The molecule has 1 aliphatic rings. The van der Waals surface area contributed by atoms with E-state index in [4.69, 9.17) is 5.73 Å². The predicted molar refractivity (Wildman–Crippen MR) is 61.6 cm³/mol. The van der Waals surface area contributed by atoms with Crippen molar-refractivity contribution in [2.24, 2.45) is 5.73 Å². The van der Waals surface area contributed by atoms with Crippen LogP contribution >= 0.6 is 0 Å². The van der Waals surface area contributed by atoms with Gasteiger partial charge in [-0.05, 0) is 36.8 Å². The van der Waals surface area contributed by atoms with Gasteiger partial charge in [0.1, 0.15) is 0 Å². The highest BCUT2D eigenvalue weighted by molar-refractivity contribution is 5.29. The van der Waals surface area contributed by atoms with Crippen LogP contribution < -0.4 is 5.73 Å². The molecule has 1 aromatic carbocycles. The first kappa shape index (κ1) is 10.7. The Labute approximate surface area is 91.1 Å². The monoisotopic (exact) mass is 205 g/mol. The van der Waals surface area contributed by atoms with Gasteiger partial charge in [-0.25, -0.2) is 0 Å². The van der Waals surface area contributed by atoms with Crippen LogP contribution in [0.3, 0.4) is 0 Å². The molecule has 0 amide bonds. The van der Waals surface area contributed by atoms with Gasteiger partial charge in [0.25, 0.3) is 0 Å². The number of aliphatic hydroxyl groups excluding tert-OH is 1. The topological polar surface area (TPSA) is 46.2 Å². The molecule has 1 saturated carbocycles. The van der Waals surface area contributed by atoms with Crippen molar-refractivity contribution in [1.82, 2.24) is 0 Å². The maximum Gasteiger partial charge on any atom is 0.0938 e. The van der Waals surface area contributed by atoms with Crippen LogP contribution in [-0.4, -0.2) is 11.1 Å². The van der Waals surface area contributed by atoms with Crippen molar-refractivity contribution < 1.29 is 5.11 Å². The van der Waals surface area contributed by atoms with Crippen molar-refractivity contribution in [2.45, 2.75) is 44.2 Å². The molecule has 2 heteroatoms. The lowest BCUT2D eigenvalue weighted by atomic mass is 9.79. The zero-order chi connectivity index (χ0) is 10.8. The molecule has 0 heterocycles. The Hall–Kier alpha value is -0.860. The highest BCUT2D eigenvalue weighted by Gasteiger charge is 2.20. The van der Waals surface area contributed by atoms with Gasteiger partial charge in [0, 0.05) is 6.04 Å². The minimum absolute atomic E-state index is 0.207. The molecule has 15 heavy (non-hydrogen) atoms. The van der Waals surface area contributed by atoms with Crippen LogP contribution in [0.25, 0.3) is 0 Å². The molecule has 2 atom stereocenters. The Morgan fingerprint density at radius 3 is 2.67 bits per heavy atom. The molecule has 1 fully saturated rings. The molecule has 82 valence electrons. The zero-order valence-corrected chi connectivity index (χ0v) is 9.19. The molecule has 0 bridgehead atoms. The Balaban J connectivity index is 2.18. The van der Waals surface area contributed by atoms with Crippen LogP contribution in [0.1, 0.15) is 49.3 Å². The molecule has 0 radical (unpaired) electrons. The molecule has 2 unspecified atom stereocenters. The van der Waals surface area contributed by atoms with E-state index < -0.39 is 6.10 Å². The summed E-state index contributed by atoms with van der Waals surface area (Å²) in [6.45, 7) is 1.83. The highest BCUT2D eigenvalue weighted by atomic mass is 16.3. The van der Waals surface area contributed by atoms with Crippen molar-refractivity contribution in [2.75, 3.05) is 0 Å². The largest absolute Gasteiger partial charge is 0.387 e. The third-order valence-electron chi connectivity index (χ3n) is 3.33. The lowest BCUT2D eigenvalue weighted by molar-refractivity contribution is 0.153. The van der Waals surface area contributed by atoms with Crippen molar-refractivity contribution >= 4 is 0 Å². The molecule has 0 spiro atoms. The lowest BCUT2D eigenvalue weighted by Gasteiger charge is -2.27. The van der Waals surface area contributed by atoms with Gasteiger partial charge in [-0.3, -0.25) is 0 Å². The molecule has 0 aromatic heterocycles. The molecule has 1 aliphatic carbocycles. The number of hydrogen-bond acceptors (Lipinski definition) is 2. The molecule has 0 saturated heterocycles. The molecule has 2 nitrogen and oxygen atoms in total. The second-order valence-electron chi connectivity index (χ2n) is 4.60. The number of nitrogens with two attached hydrogens (primary N) is 1. The summed E-state index contributed by atoms with van der Waals surface area (Å²) >= 11 is 0. The van der Waals surface area contributed by atoms with Gasteiger partial charge in [0.05, 0.1) is 6.10 Å². The van der Waals surface area contributed by atoms with E-state index in [1.165, 1.54) is 24.8 Å². The maximum absolute atomic E-state index is 9.87. The van der Waals surface area contributed by atoms with Crippen LogP contribution in [0.15, 0.2) is 24.3 Å². The average molecular weight is 205 g/mol. The quantitative estimate of drug-likeness (QED) is 0.795. The third kappa shape index (κ3) is 2.21. The van der Waals surface area contributed by atoms with Gasteiger partial charge < -0.3 is 10.8 Å². The summed E-state index contributed by atoms with van der Waals surface area (Å²) < 4.78 is 0. The van der Waals surface area contributed by atoms with E-state index in [0.717, 1.165) is 5.56 Å². The SMILES string of the molecule is CC(N)C(O)c1cccc(C2CCC2)c1. The van der Waals surface area contributed by atoms with E-state index in [2.05, 4.69) is 12.1 Å². The van der Waals surface area contributed by atoms with Crippen molar-refractivity contribution in [3.05, 3.63) is 35.4 Å². The van der Waals surface area contributed by atoms with Crippen LogP contribution in [-0.2, 0) is 0 Å². The first-order valence-corrected chi connectivity index (χ1v) is 5.72. The summed E-state index contributed by atoms with van der Waals surface area (Å²) in [6.07, 6.45) is 3.38. The second kappa shape index (κ2) is 4.33. The summed E-state index contributed by atoms with van der Waals surface area (Å²) in [6, 6.07) is 8.03. The zero-order valence-electron chi connectivity index (χ0n) is 9.19. The average Bonchev–Trinajstić information content (AvgIpc) is 2.14. The van der Waals surface area contributed by atoms with E-state index in [9.17, 15) is 5.11 Å². The third-order valence-corrected chi connectivity index (χ3v) is 3.33. The van der Waals surface area contributed by atoms with E-state index in [0.29, 0.717) is 5.92 Å². The van der Waals surface area contributed by atoms with E-state index in [1.54, 1.807) is 0 Å². The molecule has 2 rings (SSSR count). The van der Waals surface area contributed by atoms with Gasteiger partial charge in [-0.2, -0.15) is 0 Å². The Morgan fingerprint density at radius 1 is 1.40 bits per heavy atom. The summed E-state index contributed by atoms with van der Waals surface area (Å²) in [5.41, 5.74) is 8.00. The number of hydrogen-bond donors (Lipinski definition) is 2. The van der Waals surface area contributed by atoms with E-state index in [1.807, 2.05) is 19.1 Å². The first-order chi connectivity index (χ1) is 7.18. The molecule has 1 aromatic rings. The molecular weight excluding hydrogens is 186 g/mol. The van der Waals surface area contributed by atoms with Gasteiger partial charge in [0.15, 0.2) is 0 Å². The van der Waals surface area contributed by atoms with Crippen LogP contribution in [0.4, 0.5) is 0 Å². The fourth-order valence-electron chi connectivity index (χ4n) is 2.04. The van der Waals surface area contributed by atoms with Crippen LogP contribution in [0.2, 0.25) is 0 Å². The summed E-state index contributed by atoms with van der Waals surface area (Å²) in [4.78, 5) is 0. The molecule has 0 aliphatic heterocycles.